The number of aromatic nitrogens is 2. The molecule has 0 spiro atoms. The summed E-state index contributed by atoms with van der Waals surface area (Å²) in [5.74, 6) is 0.748. The summed E-state index contributed by atoms with van der Waals surface area (Å²) in [5, 5.41) is 10.1. The Bertz CT molecular complexity index is 1410. The van der Waals surface area contributed by atoms with Gasteiger partial charge in [-0.2, -0.15) is 0 Å². The Labute approximate surface area is 208 Å². The van der Waals surface area contributed by atoms with Gasteiger partial charge in [0.25, 0.3) is 15.9 Å². The molecule has 2 N–H and O–H groups in total. The molecule has 0 aliphatic carbocycles. The van der Waals surface area contributed by atoms with Gasteiger partial charge in [-0.15, -0.1) is 10.2 Å². The summed E-state index contributed by atoms with van der Waals surface area (Å²) >= 11 is 9.05. The molecule has 0 fully saturated rings. The molecule has 9 nitrogen and oxygen atoms in total. The lowest BCUT2D eigenvalue weighted by Gasteiger charge is -2.08. The van der Waals surface area contributed by atoms with Crippen molar-refractivity contribution in [3.8, 4) is 5.75 Å². The van der Waals surface area contributed by atoms with Crippen molar-refractivity contribution in [3.63, 3.8) is 0 Å². The van der Waals surface area contributed by atoms with Crippen LogP contribution in [-0.4, -0.2) is 24.5 Å². The Morgan fingerprint density at radius 3 is 2.47 bits per heavy atom. The molecule has 4 rings (SSSR count). The highest BCUT2D eigenvalue weighted by atomic mass is 79.9. The van der Waals surface area contributed by atoms with Crippen LogP contribution >= 0.6 is 27.5 Å². The summed E-state index contributed by atoms with van der Waals surface area (Å²) < 4.78 is 39.3. The molecule has 12 heteroatoms. The number of rotatable bonds is 8. The average Bonchev–Trinajstić information content (AvgIpc) is 3.30. The average molecular weight is 564 g/mol. The molecule has 2 aromatic heterocycles. The van der Waals surface area contributed by atoms with E-state index in [0.717, 1.165) is 4.47 Å². The maximum absolute atomic E-state index is 12.5. The van der Waals surface area contributed by atoms with Crippen LogP contribution < -0.4 is 14.8 Å². The molecule has 0 radical (unpaired) electrons. The zero-order valence-corrected chi connectivity index (χ0v) is 20.4. The normalized spacial score (nSPS) is 11.1. The van der Waals surface area contributed by atoms with E-state index in [4.69, 9.17) is 20.8 Å². The van der Waals surface area contributed by atoms with Crippen molar-refractivity contribution in [3.05, 3.63) is 93.9 Å². The first-order valence-corrected chi connectivity index (χ1v) is 12.3. The van der Waals surface area contributed by atoms with E-state index in [-0.39, 0.29) is 28.2 Å². The highest BCUT2D eigenvalue weighted by Crippen LogP contribution is 2.25. The lowest BCUT2D eigenvalue weighted by atomic mass is 10.3. The minimum absolute atomic E-state index is 0.0215. The van der Waals surface area contributed by atoms with Gasteiger partial charge in [0.15, 0.2) is 16.7 Å². The molecule has 2 heterocycles. The molecule has 174 valence electrons. The number of nitrogens with zero attached hydrogens (tertiary/aromatic N) is 2. The van der Waals surface area contributed by atoms with Crippen molar-refractivity contribution >= 4 is 55.0 Å². The summed E-state index contributed by atoms with van der Waals surface area (Å²) in [5.41, 5.74) is 0.387. The van der Waals surface area contributed by atoms with Gasteiger partial charge >= 0.3 is 0 Å². The highest BCUT2D eigenvalue weighted by Gasteiger charge is 2.16. The van der Waals surface area contributed by atoms with Crippen molar-refractivity contribution in [2.24, 2.45) is 0 Å². The molecule has 0 bridgehead atoms. The second-order valence-corrected chi connectivity index (χ2v) is 9.73. The van der Waals surface area contributed by atoms with Crippen molar-refractivity contribution < 1.29 is 22.4 Å². The van der Waals surface area contributed by atoms with E-state index in [1.54, 1.807) is 6.07 Å². The Morgan fingerprint density at radius 1 is 1.00 bits per heavy atom. The van der Waals surface area contributed by atoms with Crippen LogP contribution in [0.1, 0.15) is 16.3 Å². The monoisotopic (exact) mass is 562 g/mol. The number of hydrogen-bond donors (Lipinski definition) is 2. The number of hydrogen-bond acceptors (Lipinski definition) is 7. The minimum Gasteiger partial charge on any atom is -0.484 e. The van der Waals surface area contributed by atoms with Gasteiger partial charge in [-0.1, -0.05) is 23.7 Å². The van der Waals surface area contributed by atoms with Crippen molar-refractivity contribution in [2.75, 3.05) is 10.0 Å². The third-order valence-corrected chi connectivity index (χ3v) is 6.61. The number of para-hydroxylation sites is 1. The van der Waals surface area contributed by atoms with Crippen LogP contribution in [-0.2, 0) is 16.6 Å². The van der Waals surface area contributed by atoms with Crippen LogP contribution in [0.5, 0.6) is 5.75 Å². The molecular weight excluding hydrogens is 548 g/mol. The molecule has 1 amide bonds. The van der Waals surface area contributed by atoms with Crippen molar-refractivity contribution in [2.45, 2.75) is 11.5 Å². The van der Waals surface area contributed by atoms with E-state index in [0.29, 0.717) is 17.2 Å². The molecule has 0 unspecified atom stereocenters. The Hall–Kier alpha value is -3.41. The number of anilines is 2. The number of nitrogens with one attached hydrogen (secondary N) is 2. The minimum atomic E-state index is -3.90. The molecule has 4 aromatic rings. The SMILES string of the molecule is O=C(Nc1ccc(S(=O)(=O)Nc2ccc(Cl)nn2)cc1)c1ccc(COc2ccccc2Br)o1. The first kappa shape index (κ1) is 23.7. The molecule has 0 aliphatic rings. The van der Waals surface area contributed by atoms with Gasteiger partial charge in [-0.05, 0) is 76.6 Å². The summed E-state index contributed by atoms with van der Waals surface area (Å²) in [6, 6.07) is 19.0. The number of amides is 1. The second kappa shape index (κ2) is 10.2. The fourth-order valence-corrected chi connectivity index (χ4v) is 4.26. The maximum Gasteiger partial charge on any atom is 0.291 e. The predicted octanol–water partition coefficient (Wildman–Crippen LogP) is 5.12. The van der Waals surface area contributed by atoms with Crippen LogP contribution in [0, 0.1) is 0 Å². The van der Waals surface area contributed by atoms with Gasteiger partial charge in [-0.25, -0.2) is 8.42 Å². The number of halogens is 2. The summed E-state index contributed by atoms with van der Waals surface area (Å²) in [4.78, 5) is 12.5. The summed E-state index contributed by atoms with van der Waals surface area (Å²) in [6.07, 6.45) is 0. The van der Waals surface area contributed by atoms with E-state index in [9.17, 15) is 13.2 Å². The fraction of sp³-hybridized carbons (Fsp3) is 0.0455. The lowest BCUT2D eigenvalue weighted by molar-refractivity contribution is 0.0992. The number of benzene rings is 2. The number of carbonyl (C=O) groups is 1. The number of carbonyl (C=O) groups excluding carboxylic acids is 1. The molecule has 0 aliphatic heterocycles. The number of sulfonamides is 1. The number of furan rings is 1. The predicted molar refractivity (Wildman–Crippen MR) is 129 cm³/mol. The van der Waals surface area contributed by atoms with Crippen LogP contribution in [0.4, 0.5) is 11.5 Å². The molecular formula is C22H16BrClN4O5S. The fourth-order valence-electron chi connectivity index (χ4n) is 2.77. The first-order valence-electron chi connectivity index (χ1n) is 9.70. The van der Waals surface area contributed by atoms with E-state index in [1.807, 2.05) is 24.3 Å². The zero-order chi connectivity index (χ0) is 24.1. The van der Waals surface area contributed by atoms with E-state index in [1.165, 1.54) is 42.5 Å². The molecule has 34 heavy (non-hydrogen) atoms. The number of ether oxygens (including phenoxy) is 1. The van der Waals surface area contributed by atoms with Gasteiger partial charge in [0, 0.05) is 5.69 Å². The first-order chi connectivity index (χ1) is 16.3. The van der Waals surface area contributed by atoms with E-state index >= 15 is 0 Å². The highest BCUT2D eigenvalue weighted by molar-refractivity contribution is 9.10. The van der Waals surface area contributed by atoms with Gasteiger partial charge < -0.3 is 14.5 Å². The van der Waals surface area contributed by atoms with Crippen LogP contribution in [0.15, 0.2) is 86.6 Å². The van der Waals surface area contributed by atoms with Gasteiger partial charge in [0.05, 0.1) is 9.37 Å². The van der Waals surface area contributed by atoms with Crippen molar-refractivity contribution in [1.29, 1.82) is 0 Å². The zero-order valence-electron chi connectivity index (χ0n) is 17.2. The summed E-state index contributed by atoms with van der Waals surface area (Å²) in [7, 11) is -3.90. The largest absolute Gasteiger partial charge is 0.484 e. The molecule has 0 saturated heterocycles. The Balaban J connectivity index is 1.36. The van der Waals surface area contributed by atoms with Crippen LogP contribution in [0.3, 0.4) is 0 Å². The van der Waals surface area contributed by atoms with E-state index in [2.05, 4.69) is 36.2 Å². The van der Waals surface area contributed by atoms with E-state index < -0.39 is 15.9 Å². The lowest BCUT2D eigenvalue weighted by Crippen LogP contribution is -2.15. The maximum atomic E-state index is 12.5. The standard InChI is InChI=1S/C22H16BrClN4O5S/c23-17-3-1-2-4-18(17)32-13-15-7-10-19(33-15)22(29)25-14-5-8-16(9-6-14)34(30,31)28-21-12-11-20(24)26-27-21/h1-12H,13H2,(H,25,29)(H,27,28). The Kier molecular flexibility index (Phi) is 7.15. The quantitative estimate of drug-likeness (QED) is 0.305. The van der Waals surface area contributed by atoms with Gasteiger partial charge in [-0.3, -0.25) is 9.52 Å². The summed E-state index contributed by atoms with van der Waals surface area (Å²) in [6.45, 7) is 0.146. The topological polar surface area (TPSA) is 123 Å². The molecule has 0 atom stereocenters. The smallest absolute Gasteiger partial charge is 0.291 e. The Morgan fingerprint density at radius 2 is 1.76 bits per heavy atom. The van der Waals surface area contributed by atoms with Crippen LogP contribution in [0.25, 0.3) is 0 Å². The molecule has 0 saturated carbocycles. The van der Waals surface area contributed by atoms with Crippen molar-refractivity contribution in [1.82, 2.24) is 10.2 Å². The molecule has 2 aromatic carbocycles. The van der Waals surface area contributed by atoms with Crippen LogP contribution in [0.2, 0.25) is 5.15 Å². The second-order valence-electron chi connectivity index (χ2n) is 6.81. The van der Waals surface area contributed by atoms with Gasteiger partial charge in [0.1, 0.15) is 18.1 Å². The third kappa shape index (κ3) is 5.93. The third-order valence-electron chi connectivity index (χ3n) is 4.39. The van der Waals surface area contributed by atoms with Gasteiger partial charge in [0.2, 0.25) is 0 Å².